The fourth-order valence-corrected chi connectivity index (χ4v) is 2.90. The quantitative estimate of drug-likeness (QED) is 0.914. The van der Waals surface area contributed by atoms with Crippen LogP contribution in [0.1, 0.15) is 5.56 Å². The molecule has 19 heavy (non-hydrogen) atoms. The van der Waals surface area contributed by atoms with Crippen LogP contribution in [0.2, 0.25) is 0 Å². The van der Waals surface area contributed by atoms with Crippen molar-refractivity contribution in [1.29, 1.82) is 0 Å². The maximum Gasteiger partial charge on any atom is 0.415 e. The molecule has 1 fully saturated rings. The number of thiophene rings is 1. The highest BCUT2D eigenvalue weighted by atomic mass is 32.1. The summed E-state index contributed by atoms with van der Waals surface area (Å²) >= 11 is 1.53. The first-order valence-corrected chi connectivity index (χ1v) is 6.87. The van der Waals surface area contributed by atoms with Gasteiger partial charge in [-0.05, 0) is 23.1 Å². The van der Waals surface area contributed by atoms with E-state index in [0.717, 1.165) is 10.6 Å². The minimum absolute atomic E-state index is 0.204. The standard InChI is InChI=1S/C12H14N4O2S/c13-5-10-7-16(12(17)18-10)11-4-9(8-19-11)6-15-3-1-2-14-15/h1-4,8,10H,5-7,13H2/t10-/m0/s1. The molecule has 1 aliphatic heterocycles. The van der Waals surface area contributed by atoms with Crippen molar-refractivity contribution in [2.24, 2.45) is 5.73 Å². The summed E-state index contributed by atoms with van der Waals surface area (Å²) in [4.78, 5) is 13.3. The molecule has 2 aromatic rings. The largest absolute Gasteiger partial charge is 0.443 e. The zero-order valence-electron chi connectivity index (χ0n) is 10.2. The Morgan fingerprint density at radius 1 is 1.58 bits per heavy atom. The van der Waals surface area contributed by atoms with Crippen LogP contribution in [0, 0.1) is 0 Å². The molecule has 7 heteroatoms. The number of nitrogens with two attached hydrogens (primary N) is 1. The molecule has 0 radical (unpaired) electrons. The molecule has 2 aromatic heterocycles. The molecule has 1 aliphatic rings. The number of nitrogens with zero attached hydrogens (tertiary/aromatic N) is 3. The lowest BCUT2D eigenvalue weighted by Gasteiger charge is -2.08. The van der Waals surface area contributed by atoms with Crippen LogP contribution in [0.15, 0.2) is 29.9 Å². The SMILES string of the molecule is NC[C@H]1CN(c2cc(Cn3cccn3)cs2)C(=O)O1. The zero-order chi connectivity index (χ0) is 13.2. The van der Waals surface area contributed by atoms with E-state index < -0.39 is 0 Å². The van der Waals surface area contributed by atoms with Gasteiger partial charge >= 0.3 is 6.09 Å². The van der Waals surface area contributed by atoms with Crippen LogP contribution in [-0.2, 0) is 11.3 Å². The first-order valence-electron chi connectivity index (χ1n) is 5.99. The molecule has 3 heterocycles. The van der Waals surface area contributed by atoms with E-state index in [0.29, 0.717) is 19.6 Å². The van der Waals surface area contributed by atoms with Crippen LogP contribution in [-0.4, -0.2) is 35.1 Å². The lowest BCUT2D eigenvalue weighted by Crippen LogP contribution is -2.26. The van der Waals surface area contributed by atoms with Crippen LogP contribution >= 0.6 is 11.3 Å². The maximum atomic E-state index is 11.7. The van der Waals surface area contributed by atoms with Gasteiger partial charge in [0, 0.05) is 18.9 Å². The summed E-state index contributed by atoms with van der Waals surface area (Å²) in [6.45, 7) is 1.58. The first-order chi connectivity index (χ1) is 9.26. The van der Waals surface area contributed by atoms with Gasteiger partial charge in [-0.25, -0.2) is 4.79 Å². The van der Waals surface area contributed by atoms with E-state index in [1.807, 2.05) is 28.4 Å². The molecule has 0 saturated carbocycles. The van der Waals surface area contributed by atoms with Gasteiger partial charge in [-0.2, -0.15) is 5.10 Å². The zero-order valence-corrected chi connectivity index (χ0v) is 11.0. The van der Waals surface area contributed by atoms with Crippen molar-refractivity contribution in [3.8, 4) is 0 Å². The van der Waals surface area contributed by atoms with Crippen molar-refractivity contribution in [3.05, 3.63) is 35.5 Å². The Bertz CT molecular complexity index is 566. The average molecular weight is 278 g/mol. The summed E-state index contributed by atoms with van der Waals surface area (Å²) in [6.07, 6.45) is 3.13. The maximum absolute atomic E-state index is 11.7. The van der Waals surface area contributed by atoms with E-state index in [1.54, 1.807) is 11.1 Å². The van der Waals surface area contributed by atoms with Gasteiger partial charge in [0.25, 0.3) is 0 Å². The fourth-order valence-electron chi connectivity index (χ4n) is 1.99. The third-order valence-electron chi connectivity index (χ3n) is 2.95. The number of aromatic nitrogens is 2. The minimum atomic E-state index is -0.317. The number of rotatable bonds is 4. The van der Waals surface area contributed by atoms with Crippen LogP contribution < -0.4 is 10.6 Å². The highest BCUT2D eigenvalue weighted by Crippen LogP contribution is 2.29. The second-order valence-electron chi connectivity index (χ2n) is 4.35. The Kier molecular flexibility index (Phi) is 3.22. The second-order valence-corrected chi connectivity index (χ2v) is 5.24. The van der Waals surface area contributed by atoms with E-state index in [4.69, 9.17) is 10.5 Å². The fraction of sp³-hybridized carbons (Fsp3) is 0.333. The molecule has 1 amide bonds. The summed E-state index contributed by atoms with van der Waals surface area (Å²) in [5.74, 6) is 0. The number of amides is 1. The summed E-state index contributed by atoms with van der Waals surface area (Å²) in [5.41, 5.74) is 6.64. The van der Waals surface area contributed by atoms with Crippen molar-refractivity contribution >= 4 is 22.4 Å². The van der Waals surface area contributed by atoms with Crippen molar-refractivity contribution in [1.82, 2.24) is 9.78 Å². The van der Waals surface area contributed by atoms with Crippen molar-refractivity contribution < 1.29 is 9.53 Å². The van der Waals surface area contributed by atoms with Gasteiger partial charge in [0.05, 0.1) is 13.1 Å². The number of carbonyl (C=O) groups is 1. The van der Waals surface area contributed by atoms with Crippen LogP contribution in [0.25, 0.3) is 0 Å². The molecule has 0 bridgehead atoms. The summed E-state index contributed by atoms with van der Waals surface area (Å²) in [6, 6.07) is 3.88. The van der Waals surface area contributed by atoms with Gasteiger partial charge in [-0.1, -0.05) is 0 Å². The summed E-state index contributed by atoms with van der Waals surface area (Å²) < 4.78 is 6.99. The molecule has 3 rings (SSSR count). The lowest BCUT2D eigenvalue weighted by molar-refractivity contribution is 0.145. The lowest BCUT2D eigenvalue weighted by atomic mass is 10.3. The summed E-state index contributed by atoms with van der Waals surface area (Å²) in [5, 5.41) is 7.08. The molecule has 2 N–H and O–H groups in total. The number of hydrogen-bond donors (Lipinski definition) is 1. The predicted octanol–water partition coefficient (Wildman–Crippen LogP) is 1.28. The van der Waals surface area contributed by atoms with E-state index in [1.165, 1.54) is 11.3 Å². The number of anilines is 1. The Labute approximate surface area is 114 Å². The normalized spacial score (nSPS) is 18.9. The Morgan fingerprint density at radius 2 is 2.47 bits per heavy atom. The third-order valence-corrected chi connectivity index (χ3v) is 3.95. The molecule has 0 aromatic carbocycles. The molecular weight excluding hydrogens is 264 g/mol. The highest BCUT2D eigenvalue weighted by Gasteiger charge is 2.32. The Hall–Kier alpha value is -1.86. The highest BCUT2D eigenvalue weighted by molar-refractivity contribution is 7.14. The van der Waals surface area contributed by atoms with Crippen molar-refractivity contribution in [2.75, 3.05) is 18.0 Å². The Balaban J connectivity index is 1.73. The smallest absolute Gasteiger partial charge is 0.415 e. The van der Waals surface area contributed by atoms with Crippen molar-refractivity contribution in [3.63, 3.8) is 0 Å². The molecule has 0 aliphatic carbocycles. The van der Waals surface area contributed by atoms with E-state index in [2.05, 4.69) is 5.10 Å². The first kappa shape index (κ1) is 12.2. The molecule has 6 nitrogen and oxygen atoms in total. The van der Waals surface area contributed by atoms with E-state index >= 15 is 0 Å². The number of hydrogen-bond acceptors (Lipinski definition) is 5. The van der Waals surface area contributed by atoms with Gasteiger partial charge in [0.2, 0.25) is 0 Å². The van der Waals surface area contributed by atoms with Crippen LogP contribution in [0.4, 0.5) is 9.80 Å². The minimum Gasteiger partial charge on any atom is -0.443 e. The molecular formula is C12H14N4O2S. The predicted molar refractivity (Wildman–Crippen MR) is 72.3 cm³/mol. The van der Waals surface area contributed by atoms with Gasteiger partial charge in [0.15, 0.2) is 0 Å². The van der Waals surface area contributed by atoms with Crippen molar-refractivity contribution in [2.45, 2.75) is 12.6 Å². The molecule has 0 spiro atoms. The van der Waals surface area contributed by atoms with Gasteiger partial charge in [-0.3, -0.25) is 9.58 Å². The van der Waals surface area contributed by atoms with Gasteiger partial charge < -0.3 is 10.5 Å². The number of ether oxygens (including phenoxy) is 1. The molecule has 0 unspecified atom stereocenters. The second kappa shape index (κ2) is 5.02. The average Bonchev–Trinajstić information content (AvgIpc) is 3.10. The Morgan fingerprint density at radius 3 is 3.16 bits per heavy atom. The summed E-state index contributed by atoms with van der Waals surface area (Å²) in [7, 11) is 0. The topological polar surface area (TPSA) is 73.4 Å². The van der Waals surface area contributed by atoms with Crippen LogP contribution in [0.3, 0.4) is 0 Å². The van der Waals surface area contributed by atoms with Gasteiger partial charge in [0.1, 0.15) is 11.1 Å². The third kappa shape index (κ3) is 2.47. The van der Waals surface area contributed by atoms with Crippen LogP contribution in [0.5, 0.6) is 0 Å². The molecule has 1 saturated heterocycles. The molecule has 100 valence electrons. The van der Waals surface area contributed by atoms with E-state index in [-0.39, 0.29) is 12.2 Å². The van der Waals surface area contributed by atoms with E-state index in [9.17, 15) is 4.79 Å². The van der Waals surface area contributed by atoms with Gasteiger partial charge in [-0.15, -0.1) is 11.3 Å². The number of cyclic esters (lactones) is 1. The molecule has 1 atom stereocenters. The number of carbonyl (C=O) groups excluding carboxylic acids is 1. The monoisotopic (exact) mass is 278 g/mol.